The number of hydrogen-bond donors (Lipinski definition) is 0. The van der Waals surface area contributed by atoms with Crippen LogP contribution in [0.2, 0.25) is 0 Å². The molecule has 0 N–H and O–H groups in total. The fourth-order valence-corrected chi connectivity index (χ4v) is 3.36. The molecular weight excluding hydrogens is 332 g/mol. The number of hydrogen-bond acceptors (Lipinski definition) is 3. The van der Waals surface area contributed by atoms with Crippen LogP contribution in [0.4, 0.5) is 0 Å². The molecule has 0 unspecified atom stereocenters. The number of benzene rings is 3. The molecule has 0 saturated carbocycles. The van der Waals surface area contributed by atoms with Crippen LogP contribution in [0.1, 0.15) is 16.8 Å². The molecule has 0 spiro atoms. The average molecular weight is 350 g/mol. The first-order valence-electron chi connectivity index (χ1n) is 9.03. The standard InChI is InChI=1S/C23H18N4/c1-16-11-13-17(14-12-16)15-21-22(18-7-3-2-4-8-18)26-27-23(24-21)19-9-5-6-10-20(19)25-27/h2-14H,15H2,1H3. The van der Waals surface area contributed by atoms with E-state index in [-0.39, 0.29) is 0 Å². The molecule has 0 aliphatic rings. The highest BCUT2D eigenvalue weighted by Crippen LogP contribution is 2.25. The Labute approximate surface area is 157 Å². The molecule has 0 aliphatic carbocycles. The molecule has 27 heavy (non-hydrogen) atoms. The lowest BCUT2D eigenvalue weighted by atomic mass is 10.0. The van der Waals surface area contributed by atoms with Crippen molar-refractivity contribution in [1.82, 2.24) is 19.8 Å². The summed E-state index contributed by atoms with van der Waals surface area (Å²) in [7, 11) is 0. The van der Waals surface area contributed by atoms with Gasteiger partial charge in [-0.15, -0.1) is 14.8 Å². The Morgan fingerprint density at radius 1 is 0.778 bits per heavy atom. The summed E-state index contributed by atoms with van der Waals surface area (Å²) >= 11 is 0. The van der Waals surface area contributed by atoms with Gasteiger partial charge in [0.2, 0.25) is 0 Å². The molecule has 130 valence electrons. The predicted molar refractivity (Wildman–Crippen MR) is 108 cm³/mol. The molecule has 5 rings (SSSR count). The van der Waals surface area contributed by atoms with Crippen LogP contribution in [0.25, 0.3) is 27.8 Å². The van der Waals surface area contributed by atoms with Gasteiger partial charge in [0, 0.05) is 17.4 Å². The lowest BCUT2D eigenvalue weighted by Gasteiger charge is -2.09. The summed E-state index contributed by atoms with van der Waals surface area (Å²) in [6.07, 6.45) is 0.730. The van der Waals surface area contributed by atoms with E-state index < -0.39 is 0 Å². The second-order valence-corrected chi connectivity index (χ2v) is 6.77. The van der Waals surface area contributed by atoms with E-state index in [2.05, 4.69) is 48.4 Å². The van der Waals surface area contributed by atoms with E-state index in [4.69, 9.17) is 10.1 Å². The Kier molecular flexibility index (Phi) is 3.68. The van der Waals surface area contributed by atoms with Crippen molar-refractivity contribution >= 4 is 16.6 Å². The first kappa shape index (κ1) is 15.7. The molecule has 0 fully saturated rings. The zero-order chi connectivity index (χ0) is 18.2. The van der Waals surface area contributed by atoms with Crippen molar-refractivity contribution in [3.8, 4) is 11.3 Å². The van der Waals surface area contributed by atoms with E-state index >= 15 is 0 Å². The maximum atomic E-state index is 5.00. The molecule has 0 radical (unpaired) electrons. The highest BCUT2D eigenvalue weighted by Gasteiger charge is 2.15. The quantitative estimate of drug-likeness (QED) is 0.467. The molecule has 2 aromatic heterocycles. The second-order valence-electron chi connectivity index (χ2n) is 6.77. The second kappa shape index (κ2) is 6.32. The van der Waals surface area contributed by atoms with Crippen molar-refractivity contribution in [2.75, 3.05) is 0 Å². The van der Waals surface area contributed by atoms with E-state index in [0.717, 1.165) is 39.9 Å². The number of fused-ring (bicyclic) bond motifs is 3. The summed E-state index contributed by atoms with van der Waals surface area (Å²) in [5, 5.41) is 10.5. The number of aromatic nitrogens is 4. The van der Waals surface area contributed by atoms with Crippen LogP contribution < -0.4 is 0 Å². The van der Waals surface area contributed by atoms with E-state index in [0.29, 0.717) is 0 Å². The van der Waals surface area contributed by atoms with Crippen LogP contribution in [0.3, 0.4) is 0 Å². The Bertz CT molecular complexity index is 1240. The summed E-state index contributed by atoms with van der Waals surface area (Å²) in [5.74, 6) is 0. The molecule has 3 aromatic carbocycles. The minimum Gasteiger partial charge on any atom is -0.229 e. The third-order valence-electron chi connectivity index (χ3n) is 4.79. The number of rotatable bonds is 3. The van der Waals surface area contributed by atoms with Gasteiger partial charge in [-0.1, -0.05) is 72.3 Å². The van der Waals surface area contributed by atoms with Gasteiger partial charge in [-0.2, -0.15) is 0 Å². The Hall–Kier alpha value is -3.53. The van der Waals surface area contributed by atoms with E-state index in [1.54, 1.807) is 4.63 Å². The first-order valence-corrected chi connectivity index (χ1v) is 9.03. The van der Waals surface area contributed by atoms with Gasteiger partial charge in [0.1, 0.15) is 5.69 Å². The van der Waals surface area contributed by atoms with Gasteiger partial charge in [0.25, 0.3) is 0 Å². The summed E-state index contributed by atoms with van der Waals surface area (Å²) in [6.45, 7) is 2.10. The average Bonchev–Trinajstić information content (AvgIpc) is 3.07. The minimum absolute atomic E-state index is 0.730. The number of aryl methyl sites for hydroxylation is 1. The van der Waals surface area contributed by atoms with E-state index in [9.17, 15) is 0 Å². The van der Waals surface area contributed by atoms with Crippen LogP contribution in [-0.4, -0.2) is 19.8 Å². The smallest absolute Gasteiger partial charge is 0.184 e. The fraction of sp³-hybridized carbons (Fsp3) is 0.0870. The van der Waals surface area contributed by atoms with Crippen LogP contribution in [0, 0.1) is 6.92 Å². The monoisotopic (exact) mass is 350 g/mol. The third-order valence-corrected chi connectivity index (χ3v) is 4.79. The molecule has 0 amide bonds. The zero-order valence-corrected chi connectivity index (χ0v) is 15.0. The molecule has 0 saturated heterocycles. The molecule has 5 aromatic rings. The summed E-state index contributed by atoms with van der Waals surface area (Å²) in [6, 6.07) is 26.8. The highest BCUT2D eigenvalue weighted by molar-refractivity contribution is 5.92. The zero-order valence-electron chi connectivity index (χ0n) is 15.0. The molecule has 0 bridgehead atoms. The fourth-order valence-electron chi connectivity index (χ4n) is 3.36. The van der Waals surface area contributed by atoms with Gasteiger partial charge in [0.05, 0.1) is 11.2 Å². The summed E-state index contributed by atoms with van der Waals surface area (Å²) in [5.41, 5.74) is 7.07. The van der Waals surface area contributed by atoms with Crippen molar-refractivity contribution in [2.45, 2.75) is 13.3 Å². The van der Waals surface area contributed by atoms with Crippen LogP contribution in [0.5, 0.6) is 0 Å². The van der Waals surface area contributed by atoms with Gasteiger partial charge in [0.15, 0.2) is 5.65 Å². The van der Waals surface area contributed by atoms with Gasteiger partial charge in [-0.25, -0.2) is 4.98 Å². The normalized spacial score (nSPS) is 11.3. The van der Waals surface area contributed by atoms with Crippen LogP contribution in [-0.2, 0) is 6.42 Å². The Balaban J connectivity index is 1.74. The number of nitrogens with zero attached hydrogens (tertiary/aromatic N) is 4. The van der Waals surface area contributed by atoms with Crippen LogP contribution >= 0.6 is 0 Å². The van der Waals surface area contributed by atoms with Gasteiger partial charge in [-0.3, -0.25) is 0 Å². The van der Waals surface area contributed by atoms with Crippen molar-refractivity contribution in [2.24, 2.45) is 0 Å². The molecule has 4 nitrogen and oxygen atoms in total. The molecular formula is C23H18N4. The van der Waals surface area contributed by atoms with Crippen molar-refractivity contribution in [1.29, 1.82) is 0 Å². The van der Waals surface area contributed by atoms with Crippen molar-refractivity contribution in [3.63, 3.8) is 0 Å². The predicted octanol–water partition coefficient (Wildman–Crippen LogP) is 4.84. The molecule has 2 heterocycles. The maximum Gasteiger partial charge on any atom is 0.184 e. The molecule has 4 heteroatoms. The Morgan fingerprint density at radius 2 is 1.52 bits per heavy atom. The highest BCUT2D eigenvalue weighted by atomic mass is 15.4. The van der Waals surface area contributed by atoms with Crippen molar-refractivity contribution < 1.29 is 0 Å². The van der Waals surface area contributed by atoms with Gasteiger partial charge >= 0.3 is 0 Å². The molecule has 0 atom stereocenters. The topological polar surface area (TPSA) is 43.1 Å². The van der Waals surface area contributed by atoms with Crippen LogP contribution in [0.15, 0.2) is 78.9 Å². The third kappa shape index (κ3) is 2.85. The lowest BCUT2D eigenvalue weighted by molar-refractivity contribution is 0.785. The van der Waals surface area contributed by atoms with E-state index in [1.807, 2.05) is 42.5 Å². The summed E-state index contributed by atoms with van der Waals surface area (Å²) in [4.78, 5) is 5.00. The lowest BCUT2D eigenvalue weighted by Crippen LogP contribution is -2.05. The van der Waals surface area contributed by atoms with E-state index in [1.165, 1.54) is 11.1 Å². The Morgan fingerprint density at radius 3 is 2.33 bits per heavy atom. The van der Waals surface area contributed by atoms with Gasteiger partial charge < -0.3 is 0 Å². The van der Waals surface area contributed by atoms with Crippen molar-refractivity contribution in [3.05, 3.63) is 95.7 Å². The SMILES string of the molecule is Cc1ccc(Cc2nc3c4ccccc4nn3nc2-c2ccccc2)cc1. The van der Waals surface area contributed by atoms with Gasteiger partial charge in [-0.05, 0) is 24.6 Å². The summed E-state index contributed by atoms with van der Waals surface area (Å²) < 4.78 is 1.66. The minimum atomic E-state index is 0.730. The maximum absolute atomic E-state index is 5.00. The largest absolute Gasteiger partial charge is 0.229 e. The first-order chi connectivity index (χ1) is 13.3. The molecule has 0 aliphatic heterocycles.